The molecule has 3 fully saturated rings. The van der Waals surface area contributed by atoms with Gasteiger partial charge < -0.3 is 66.6 Å². The number of likely N-dealkylation sites (tertiary alicyclic amines) is 2. The summed E-state index contributed by atoms with van der Waals surface area (Å²) in [6.07, 6.45) is 0.657. The first-order valence-corrected chi connectivity index (χ1v) is 25.2. The summed E-state index contributed by atoms with van der Waals surface area (Å²) < 4.78 is 19.5. The number of esters is 2. The number of carboxylic acid groups (broad SMARTS) is 1. The Hall–Kier alpha value is -8.37. The Kier molecular flexibility index (Phi) is 23.3. The van der Waals surface area contributed by atoms with Crippen LogP contribution in [0.4, 0.5) is 9.59 Å². The van der Waals surface area contributed by atoms with Crippen LogP contribution in [-0.2, 0) is 54.3 Å². The highest BCUT2D eigenvalue weighted by Crippen LogP contribution is 2.26. The number of carboxylic acids is 1. The number of hydrogen-bond donors (Lipinski definition) is 8. The van der Waals surface area contributed by atoms with Crippen molar-refractivity contribution >= 4 is 53.7 Å². The van der Waals surface area contributed by atoms with E-state index in [1.54, 1.807) is 108 Å². The summed E-state index contributed by atoms with van der Waals surface area (Å²) in [7, 11) is 2.69. The maximum atomic E-state index is 12.9. The summed E-state index contributed by atoms with van der Waals surface area (Å²) >= 11 is 0. The summed E-state index contributed by atoms with van der Waals surface area (Å²) in [5.41, 5.74) is 13.5. The van der Waals surface area contributed by atoms with Gasteiger partial charge in [0.15, 0.2) is 6.04 Å². The molecule has 420 valence electrons. The summed E-state index contributed by atoms with van der Waals surface area (Å²) in [6, 6.07) is 29.7. The van der Waals surface area contributed by atoms with Gasteiger partial charge in [-0.25, -0.2) is 19.2 Å². The number of amidine groups is 1. The Morgan fingerprint density at radius 2 is 1.08 bits per heavy atom. The van der Waals surface area contributed by atoms with Crippen molar-refractivity contribution in [2.75, 3.05) is 33.9 Å². The molecule has 0 aliphatic carbocycles. The minimum Gasteiger partial charge on any atom is -0.479 e. The van der Waals surface area contributed by atoms with Gasteiger partial charge in [0.25, 0.3) is 5.91 Å². The molecule has 0 spiro atoms. The molecule has 3 heterocycles. The quantitative estimate of drug-likeness (QED) is 0.0365. The maximum absolute atomic E-state index is 12.9. The van der Waals surface area contributed by atoms with Gasteiger partial charge in [-0.3, -0.25) is 24.6 Å². The first-order valence-electron chi connectivity index (χ1n) is 25.2. The molecule has 3 saturated heterocycles. The normalized spacial score (nSPS) is 17.2. The van der Waals surface area contributed by atoms with E-state index in [9.17, 15) is 38.4 Å². The van der Waals surface area contributed by atoms with Gasteiger partial charge in [-0.1, -0.05) is 115 Å². The Morgan fingerprint density at radius 1 is 0.641 bits per heavy atom. The molecule has 4 aromatic carbocycles. The molecule has 0 saturated carbocycles. The van der Waals surface area contributed by atoms with Crippen LogP contribution in [-0.4, -0.2) is 132 Å². The number of nitrogens with zero attached hydrogens (tertiary/aromatic N) is 2. The second kappa shape index (κ2) is 29.2. The molecule has 0 aromatic heterocycles. The molecule has 3 aliphatic heterocycles. The molecular formula is C56H73N9O13. The number of carbonyl (C=O) groups is 8. The van der Waals surface area contributed by atoms with Crippen LogP contribution in [0.3, 0.4) is 0 Å². The second-order valence-corrected chi connectivity index (χ2v) is 20.0. The van der Waals surface area contributed by atoms with E-state index >= 15 is 0 Å². The first-order chi connectivity index (χ1) is 36.8. The van der Waals surface area contributed by atoms with Crippen molar-refractivity contribution in [3.05, 3.63) is 143 Å². The third-order valence-electron chi connectivity index (χ3n) is 11.9. The van der Waals surface area contributed by atoms with Crippen molar-refractivity contribution in [1.29, 1.82) is 5.41 Å². The predicted octanol–water partition coefficient (Wildman–Crippen LogP) is 4.77. The fraction of sp³-hybridized carbons (Fsp3) is 0.411. The SMILES string of the molecule is CC(C)(C)OC(=O)N[C@@H](C(=O)O)c1ccccc1.COC(=O)[C@@H]1CCN1.COC(=O)[C@@H]1CCN1C(=O)[C@H](NC(=O)OC(C)(C)C)c1ccccc1.N=C(N)c1ccc(CNC(=O)[C@@H]2CCN2C(=O)[C@H](N)c2ccccc2)cc1. The van der Waals surface area contributed by atoms with Crippen LogP contribution in [0.15, 0.2) is 115 Å². The summed E-state index contributed by atoms with van der Waals surface area (Å²) in [5, 5.41) is 27.2. The molecule has 0 radical (unpaired) electrons. The molecule has 22 nitrogen and oxygen atoms in total. The van der Waals surface area contributed by atoms with E-state index in [2.05, 4.69) is 26.0 Å². The average Bonchev–Trinajstić information content (AvgIpc) is 3.35. The fourth-order valence-corrected chi connectivity index (χ4v) is 7.56. The molecule has 0 bridgehead atoms. The lowest BCUT2D eigenvalue weighted by atomic mass is 9.98. The van der Waals surface area contributed by atoms with E-state index in [-0.39, 0.29) is 35.6 Å². The standard InChI is InChI=1S/C20H23N5O2.C18H24N2O5.C13H17NO4.C5H9NO2/c21-17(14-4-2-1-3-5-14)20(27)25-11-10-16(25)19(26)24-12-13-6-8-15(9-7-13)18(22)23;1-18(2,3)25-17(23)19-14(12-8-6-5-7-9-12)15(21)20-11-10-13(20)16(22)24-4;1-13(2,3)18-12(17)14-10(11(15)16)9-7-5-4-6-8-9;1-8-5(7)4-2-3-6-4/h1-9,16-17H,10-12,21H2,(H3,22,23)(H,24,26);5-9,13-14H,10-11H2,1-4H3,(H,19,23);4-8,10H,1-3H3,(H,14,17)(H,15,16);4,6H,2-3H2,1H3/t16-,17+;13-,14+;10-;4-/m0010/s1. The number of amides is 5. The zero-order chi connectivity index (χ0) is 57.7. The number of nitrogens with two attached hydrogens (primary N) is 2. The third kappa shape index (κ3) is 19.3. The highest BCUT2D eigenvalue weighted by molar-refractivity contribution is 5.95. The lowest BCUT2D eigenvalue weighted by Crippen LogP contribution is -2.59. The lowest BCUT2D eigenvalue weighted by molar-refractivity contribution is -0.160. The number of methoxy groups -OCH3 is 2. The number of carbonyl (C=O) groups excluding carboxylic acids is 7. The van der Waals surface area contributed by atoms with Gasteiger partial charge in [0, 0.05) is 25.2 Å². The molecule has 6 atom stereocenters. The lowest BCUT2D eigenvalue weighted by Gasteiger charge is -2.41. The Bertz CT molecular complexity index is 2660. The summed E-state index contributed by atoms with van der Waals surface area (Å²) in [4.78, 5) is 98.0. The molecule has 7 rings (SSSR count). The average molecular weight is 1080 g/mol. The highest BCUT2D eigenvalue weighted by atomic mass is 16.6. The number of nitrogens with one attached hydrogen (secondary N) is 5. The summed E-state index contributed by atoms with van der Waals surface area (Å²) in [6.45, 7) is 12.6. The van der Waals surface area contributed by atoms with Crippen molar-refractivity contribution in [2.45, 2.75) is 115 Å². The Morgan fingerprint density at radius 3 is 1.45 bits per heavy atom. The monoisotopic (exact) mass is 1080 g/mol. The number of aliphatic carboxylic acids is 1. The van der Waals surface area contributed by atoms with E-state index in [1.807, 2.05) is 48.5 Å². The molecular weight excluding hydrogens is 1010 g/mol. The van der Waals surface area contributed by atoms with Crippen LogP contribution in [0.2, 0.25) is 0 Å². The molecule has 5 amide bonds. The second-order valence-electron chi connectivity index (χ2n) is 20.0. The van der Waals surface area contributed by atoms with Crippen LogP contribution in [0.25, 0.3) is 0 Å². The van der Waals surface area contributed by atoms with Gasteiger partial charge in [0.05, 0.1) is 14.2 Å². The number of ether oxygens (including phenoxy) is 4. The minimum absolute atomic E-state index is 0.00367. The highest BCUT2D eigenvalue weighted by Gasteiger charge is 2.42. The Labute approximate surface area is 454 Å². The van der Waals surface area contributed by atoms with Gasteiger partial charge in [-0.05, 0) is 89.6 Å². The molecule has 3 aliphatic rings. The molecule has 10 N–H and O–H groups in total. The molecule has 0 unspecified atom stereocenters. The van der Waals surface area contributed by atoms with Gasteiger partial charge in [0.1, 0.15) is 47.2 Å². The van der Waals surface area contributed by atoms with Crippen LogP contribution in [0.5, 0.6) is 0 Å². The van der Waals surface area contributed by atoms with Crippen LogP contribution < -0.4 is 32.7 Å². The predicted molar refractivity (Wildman–Crippen MR) is 288 cm³/mol. The maximum Gasteiger partial charge on any atom is 0.408 e. The van der Waals surface area contributed by atoms with E-state index in [1.165, 1.54) is 24.0 Å². The fourth-order valence-electron chi connectivity index (χ4n) is 7.56. The van der Waals surface area contributed by atoms with Crippen LogP contribution in [0.1, 0.15) is 107 Å². The van der Waals surface area contributed by atoms with Gasteiger partial charge in [-0.2, -0.15) is 0 Å². The van der Waals surface area contributed by atoms with Crippen molar-refractivity contribution in [1.82, 2.24) is 31.1 Å². The van der Waals surface area contributed by atoms with Crippen molar-refractivity contribution in [3.8, 4) is 0 Å². The Balaban J connectivity index is 0.000000239. The zero-order valence-electron chi connectivity index (χ0n) is 45.3. The van der Waals surface area contributed by atoms with Crippen molar-refractivity contribution in [2.24, 2.45) is 11.5 Å². The number of hydrogen-bond acceptors (Lipinski definition) is 15. The van der Waals surface area contributed by atoms with Crippen molar-refractivity contribution < 1.29 is 62.4 Å². The molecule has 4 aromatic rings. The molecule has 78 heavy (non-hydrogen) atoms. The molecule has 22 heteroatoms. The van der Waals surface area contributed by atoms with Crippen molar-refractivity contribution in [3.63, 3.8) is 0 Å². The van der Waals surface area contributed by atoms with Gasteiger partial charge in [0.2, 0.25) is 11.8 Å². The largest absolute Gasteiger partial charge is 0.479 e. The number of nitrogen functional groups attached to an aromatic ring is 1. The summed E-state index contributed by atoms with van der Waals surface area (Å²) in [5.74, 6) is -2.52. The number of rotatable bonds is 14. The number of benzene rings is 4. The third-order valence-corrected chi connectivity index (χ3v) is 11.9. The van der Waals surface area contributed by atoms with Gasteiger partial charge >= 0.3 is 30.1 Å². The van der Waals surface area contributed by atoms with Crippen LogP contribution >= 0.6 is 0 Å². The smallest absolute Gasteiger partial charge is 0.408 e. The van der Waals surface area contributed by atoms with E-state index in [0.29, 0.717) is 49.2 Å². The van der Waals surface area contributed by atoms with Gasteiger partial charge in [-0.15, -0.1) is 0 Å². The van der Waals surface area contributed by atoms with E-state index < -0.39 is 65.5 Å². The van der Waals surface area contributed by atoms with E-state index in [0.717, 1.165) is 24.1 Å². The number of alkyl carbamates (subject to hydrolysis) is 2. The zero-order valence-corrected chi connectivity index (χ0v) is 45.3. The topological polar surface area (TPSA) is 324 Å². The van der Waals surface area contributed by atoms with E-state index in [4.69, 9.17) is 36.2 Å². The minimum atomic E-state index is -1.13. The first kappa shape index (κ1) is 62.2. The van der Waals surface area contributed by atoms with Crippen LogP contribution in [0, 0.1) is 5.41 Å².